The van der Waals surface area contributed by atoms with Gasteiger partial charge in [0.05, 0.1) is 10.4 Å². The fourth-order valence-corrected chi connectivity index (χ4v) is 3.09. The Kier molecular flexibility index (Phi) is 3.99. The van der Waals surface area contributed by atoms with E-state index in [1.807, 2.05) is 24.3 Å². The highest BCUT2D eigenvalue weighted by Crippen LogP contribution is 2.32. The molecule has 0 radical (unpaired) electrons. The number of fused-ring (bicyclic) bond motifs is 1. The van der Waals surface area contributed by atoms with E-state index in [0.29, 0.717) is 11.6 Å². The first-order valence-electron chi connectivity index (χ1n) is 7.51. The van der Waals surface area contributed by atoms with Gasteiger partial charge in [-0.2, -0.15) is 0 Å². The number of hydrogen-bond donors (Lipinski definition) is 1. The summed E-state index contributed by atoms with van der Waals surface area (Å²) < 4.78 is 0. The van der Waals surface area contributed by atoms with Crippen molar-refractivity contribution < 1.29 is 4.92 Å². The Morgan fingerprint density at radius 2 is 2.00 bits per heavy atom. The van der Waals surface area contributed by atoms with Crippen LogP contribution in [-0.2, 0) is 0 Å². The maximum Gasteiger partial charge on any atom is 0.311 e. The summed E-state index contributed by atoms with van der Waals surface area (Å²) >= 11 is 0. The largest absolute Gasteiger partial charge is 0.379 e. The third kappa shape index (κ3) is 2.96. The molecule has 0 unspecified atom stereocenters. The van der Waals surface area contributed by atoms with Gasteiger partial charge in [0.2, 0.25) is 0 Å². The molecule has 0 bridgehead atoms. The summed E-state index contributed by atoms with van der Waals surface area (Å²) in [6, 6.07) is 7.55. The van der Waals surface area contributed by atoms with E-state index in [1.54, 1.807) is 0 Å². The van der Waals surface area contributed by atoms with Gasteiger partial charge < -0.3 is 5.32 Å². The number of benzene rings is 1. The van der Waals surface area contributed by atoms with Crippen LogP contribution in [0.4, 0.5) is 11.4 Å². The summed E-state index contributed by atoms with van der Waals surface area (Å²) in [5, 5.41) is 15.4. The number of pyridine rings is 1. The van der Waals surface area contributed by atoms with Crippen LogP contribution < -0.4 is 5.32 Å². The van der Waals surface area contributed by atoms with Crippen LogP contribution in [0.5, 0.6) is 0 Å². The molecular formula is C16H19N3O2. The second kappa shape index (κ2) is 6.08. The number of nitrogens with one attached hydrogen (secondary N) is 1. The second-order valence-corrected chi connectivity index (χ2v) is 5.68. The standard InChI is InChI=1S/C16H19N3O2/c20-19(21)15-11-17-14-9-5-4-8-13(14)16(15)18-10-12-6-2-1-3-7-12/h4-5,8-9,11-12H,1-3,6-7,10H2,(H,17,18). The Morgan fingerprint density at radius 1 is 1.24 bits per heavy atom. The lowest BCUT2D eigenvalue weighted by Crippen LogP contribution is -2.17. The molecule has 0 aliphatic heterocycles. The zero-order valence-electron chi connectivity index (χ0n) is 11.9. The number of nitro groups is 1. The normalized spacial score (nSPS) is 16.0. The molecule has 3 rings (SSSR count). The zero-order chi connectivity index (χ0) is 14.7. The predicted octanol–water partition coefficient (Wildman–Crippen LogP) is 4.14. The quantitative estimate of drug-likeness (QED) is 0.677. The Bertz CT molecular complexity index is 651. The van der Waals surface area contributed by atoms with Gasteiger partial charge in [0, 0.05) is 11.9 Å². The number of para-hydroxylation sites is 1. The number of rotatable bonds is 4. The SMILES string of the molecule is O=[N+]([O-])c1cnc2ccccc2c1NCC1CCCCC1. The summed E-state index contributed by atoms with van der Waals surface area (Å²) in [4.78, 5) is 15.1. The lowest BCUT2D eigenvalue weighted by Gasteiger charge is -2.22. The topological polar surface area (TPSA) is 68.1 Å². The van der Waals surface area contributed by atoms with E-state index in [1.165, 1.54) is 38.3 Å². The molecule has 5 nitrogen and oxygen atoms in total. The average Bonchev–Trinajstić information content (AvgIpc) is 2.53. The Balaban J connectivity index is 1.90. The van der Waals surface area contributed by atoms with E-state index >= 15 is 0 Å². The van der Waals surface area contributed by atoms with Crippen LogP contribution in [0.25, 0.3) is 10.9 Å². The average molecular weight is 285 g/mol. The molecule has 1 aromatic heterocycles. The van der Waals surface area contributed by atoms with Gasteiger partial charge in [-0.1, -0.05) is 37.5 Å². The molecular weight excluding hydrogens is 266 g/mol. The molecule has 0 saturated heterocycles. The van der Waals surface area contributed by atoms with Crippen LogP contribution in [-0.4, -0.2) is 16.5 Å². The van der Waals surface area contributed by atoms with Crippen molar-refractivity contribution in [1.82, 2.24) is 4.98 Å². The minimum atomic E-state index is -0.358. The molecule has 1 aliphatic carbocycles. The van der Waals surface area contributed by atoms with Gasteiger partial charge in [0.1, 0.15) is 11.9 Å². The van der Waals surface area contributed by atoms with Gasteiger partial charge in [-0.05, 0) is 24.8 Å². The molecule has 1 N–H and O–H groups in total. The van der Waals surface area contributed by atoms with Crippen LogP contribution in [0.2, 0.25) is 0 Å². The second-order valence-electron chi connectivity index (χ2n) is 5.68. The van der Waals surface area contributed by atoms with E-state index in [4.69, 9.17) is 0 Å². The van der Waals surface area contributed by atoms with Gasteiger partial charge in [-0.15, -0.1) is 0 Å². The lowest BCUT2D eigenvalue weighted by atomic mass is 9.89. The van der Waals surface area contributed by atoms with E-state index in [0.717, 1.165) is 17.4 Å². The van der Waals surface area contributed by atoms with Crippen molar-refractivity contribution >= 4 is 22.3 Å². The summed E-state index contributed by atoms with van der Waals surface area (Å²) in [6.45, 7) is 0.800. The summed E-state index contributed by atoms with van der Waals surface area (Å²) in [7, 11) is 0. The molecule has 5 heteroatoms. The third-order valence-corrected chi connectivity index (χ3v) is 4.24. The molecule has 1 fully saturated rings. The maximum atomic E-state index is 11.2. The number of nitrogens with zero attached hydrogens (tertiary/aromatic N) is 2. The van der Waals surface area contributed by atoms with Crippen LogP contribution >= 0.6 is 0 Å². The Morgan fingerprint density at radius 3 is 2.76 bits per heavy atom. The molecule has 1 heterocycles. The molecule has 1 aromatic carbocycles. The molecule has 0 spiro atoms. The first-order valence-corrected chi connectivity index (χ1v) is 7.51. The van der Waals surface area contributed by atoms with Gasteiger partial charge in [0.15, 0.2) is 0 Å². The van der Waals surface area contributed by atoms with Crippen molar-refractivity contribution in [2.24, 2.45) is 5.92 Å². The van der Waals surface area contributed by atoms with Gasteiger partial charge in [-0.25, -0.2) is 4.98 Å². The highest BCUT2D eigenvalue weighted by Gasteiger charge is 2.20. The highest BCUT2D eigenvalue weighted by atomic mass is 16.6. The fraction of sp³-hybridized carbons (Fsp3) is 0.438. The van der Waals surface area contributed by atoms with E-state index < -0.39 is 0 Å². The van der Waals surface area contributed by atoms with Crippen molar-refractivity contribution in [2.75, 3.05) is 11.9 Å². The van der Waals surface area contributed by atoms with E-state index in [-0.39, 0.29) is 10.6 Å². The van der Waals surface area contributed by atoms with Gasteiger partial charge in [-0.3, -0.25) is 10.1 Å². The summed E-state index contributed by atoms with van der Waals surface area (Å²) in [6.07, 6.45) is 7.63. The number of aromatic nitrogens is 1. The van der Waals surface area contributed by atoms with Gasteiger partial charge in [0.25, 0.3) is 0 Å². The van der Waals surface area contributed by atoms with Crippen LogP contribution in [0.1, 0.15) is 32.1 Å². The van der Waals surface area contributed by atoms with Crippen molar-refractivity contribution in [3.05, 3.63) is 40.6 Å². The Hall–Kier alpha value is -2.17. The first kappa shape index (κ1) is 13.8. The minimum Gasteiger partial charge on any atom is -0.379 e. The minimum absolute atomic E-state index is 0.0597. The fourth-order valence-electron chi connectivity index (χ4n) is 3.09. The van der Waals surface area contributed by atoms with Crippen LogP contribution in [0, 0.1) is 16.0 Å². The highest BCUT2D eigenvalue weighted by molar-refractivity contribution is 5.95. The molecule has 21 heavy (non-hydrogen) atoms. The lowest BCUT2D eigenvalue weighted by molar-refractivity contribution is -0.384. The Labute approximate surface area is 123 Å². The predicted molar refractivity (Wildman–Crippen MR) is 83.5 cm³/mol. The van der Waals surface area contributed by atoms with Crippen molar-refractivity contribution in [3.63, 3.8) is 0 Å². The summed E-state index contributed by atoms with van der Waals surface area (Å²) in [5.74, 6) is 0.616. The molecule has 0 atom stereocenters. The first-order chi connectivity index (χ1) is 10.3. The molecule has 2 aromatic rings. The monoisotopic (exact) mass is 285 g/mol. The van der Waals surface area contributed by atoms with Gasteiger partial charge >= 0.3 is 5.69 Å². The van der Waals surface area contributed by atoms with Crippen molar-refractivity contribution in [1.29, 1.82) is 0 Å². The van der Waals surface area contributed by atoms with Crippen molar-refractivity contribution in [3.8, 4) is 0 Å². The maximum absolute atomic E-state index is 11.2. The molecule has 1 aliphatic rings. The van der Waals surface area contributed by atoms with Crippen LogP contribution in [0.15, 0.2) is 30.5 Å². The smallest absolute Gasteiger partial charge is 0.311 e. The van der Waals surface area contributed by atoms with Crippen molar-refractivity contribution in [2.45, 2.75) is 32.1 Å². The number of hydrogen-bond acceptors (Lipinski definition) is 4. The molecule has 110 valence electrons. The molecule has 0 amide bonds. The number of anilines is 1. The van der Waals surface area contributed by atoms with E-state index in [2.05, 4.69) is 10.3 Å². The third-order valence-electron chi connectivity index (χ3n) is 4.24. The zero-order valence-corrected chi connectivity index (χ0v) is 11.9. The molecule has 1 saturated carbocycles. The van der Waals surface area contributed by atoms with Crippen LogP contribution in [0.3, 0.4) is 0 Å². The summed E-state index contributed by atoms with van der Waals surface area (Å²) in [5.41, 5.74) is 1.45. The van der Waals surface area contributed by atoms with E-state index in [9.17, 15) is 10.1 Å².